The van der Waals surface area contributed by atoms with Gasteiger partial charge in [0.25, 0.3) is 5.56 Å². The molecular formula is C13H18N3OS+. The largest absolute Gasteiger partial charge is 0.330 e. The van der Waals surface area contributed by atoms with Gasteiger partial charge in [-0.25, -0.2) is 4.98 Å². The molecule has 3 heterocycles. The zero-order valence-electron chi connectivity index (χ0n) is 10.6. The van der Waals surface area contributed by atoms with E-state index in [4.69, 9.17) is 0 Å². The van der Waals surface area contributed by atoms with E-state index in [1.807, 2.05) is 5.38 Å². The van der Waals surface area contributed by atoms with E-state index in [9.17, 15) is 4.79 Å². The van der Waals surface area contributed by atoms with Gasteiger partial charge in [0.1, 0.15) is 12.2 Å². The molecule has 0 aliphatic carbocycles. The second-order valence-electron chi connectivity index (χ2n) is 5.27. The summed E-state index contributed by atoms with van der Waals surface area (Å²) in [6.07, 6.45) is 4.41. The van der Waals surface area contributed by atoms with Crippen molar-refractivity contribution in [1.29, 1.82) is 0 Å². The summed E-state index contributed by atoms with van der Waals surface area (Å²) in [7, 11) is 0. The maximum atomic E-state index is 11.9. The molecule has 2 atom stereocenters. The maximum Gasteiger partial charge on any atom is 0.258 e. The van der Waals surface area contributed by atoms with Crippen molar-refractivity contribution in [3.8, 4) is 0 Å². The van der Waals surface area contributed by atoms with Gasteiger partial charge < -0.3 is 4.90 Å². The lowest BCUT2D eigenvalue weighted by atomic mass is 10.0. The Labute approximate surface area is 110 Å². The van der Waals surface area contributed by atoms with Crippen molar-refractivity contribution in [2.45, 2.75) is 26.3 Å². The molecular weight excluding hydrogens is 246 g/mol. The van der Waals surface area contributed by atoms with Gasteiger partial charge in [-0.1, -0.05) is 6.92 Å². The molecule has 0 amide bonds. The van der Waals surface area contributed by atoms with E-state index < -0.39 is 0 Å². The standard InChI is InChI=1S/C13H17N3OS/c1-10-3-2-4-15(8-10)9-11-7-12(17)16-5-6-18-13(16)14-11/h5-7,10H,2-4,8-9H2,1H3/p+1/t10-/m1/s1. The Morgan fingerprint density at radius 3 is 3.33 bits per heavy atom. The fourth-order valence-corrected chi connectivity index (χ4v) is 3.53. The van der Waals surface area contributed by atoms with E-state index in [2.05, 4.69) is 11.9 Å². The van der Waals surface area contributed by atoms with Crippen LogP contribution in [-0.2, 0) is 6.54 Å². The molecule has 0 spiro atoms. The van der Waals surface area contributed by atoms with E-state index >= 15 is 0 Å². The average molecular weight is 264 g/mol. The van der Waals surface area contributed by atoms with Crippen LogP contribution in [0.5, 0.6) is 0 Å². The molecule has 2 aromatic heterocycles. The second-order valence-corrected chi connectivity index (χ2v) is 6.14. The minimum absolute atomic E-state index is 0.0423. The number of thiazole rings is 1. The van der Waals surface area contributed by atoms with Crippen LogP contribution < -0.4 is 10.5 Å². The zero-order valence-corrected chi connectivity index (χ0v) is 11.4. The lowest BCUT2D eigenvalue weighted by Gasteiger charge is -2.27. The molecule has 1 fully saturated rings. The first-order valence-electron chi connectivity index (χ1n) is 6.52. The van der Waals surface area contributed by atoms with Crippen LogP contribution in [0.25, 0.3) is 4.96 Å². The van der Waals surface area contributed by atoms with Gasteiger partial charge in [0.15, 0.2) is 4.96 Å². The molecule has 1 aliphatic rings. The van der Waals surface area contributed by atoms with Crippen LogP contribution in [0.3, 0.4) is 0 Å². The molecule has 0 saturated carbocycles. The Balaban J connectivity index is 1.83. The molecule has 2 aromatic rings. The highest BCUT2D eigenvalue weighted by Gasteiger charge is 2.20. The van der Waals surface area contributed by atoms with Crippen molar-refractivity contribution >= 4 is 16.3 Å². The van der Waals surface area contributed by atoms with Gasteiger partial charge in [-0.2, -0.15) is 0 Å². The van der Waals surface area contributed by atoms with E-state index in [0.717, 1.165) is 23.1 Å². The maximum absolute atomic E-state index is 11.9. The summed E-state index contributed by atoms with van der Waals surface area (Å²) in [5.74, 6) is 0.792. The predicted octanol–water partition coefficient (Wildman–Crippen LogP) is 0.571. The van der Waals surface area contributed by atoms with E-state index in [1.165, 1.54) is 37.3 Å². The van der Waals surface area contributed by atoms with Crippen LogP contribution in [0, 0.1) is 5.92 Å². The Morgan fingerprint density at radius 1 is 1.61 bits per heavy atom. The van der Waals surface area contributed by atoms with Crippen LogP contribution in [0.4, 0.5) is 0 Å². The Kier molecular flexibility index (Phi) is 3.18. The zero-order chi connectivity index (χ0) is 12.5. The van der Waals surface area contributed by atoms with Gasteiger partial charge in [-0.05, 0) is 12.8 Å². The molecule has 1 unspecified atom stereocenters. The molecule has 3 rings (SSSR count). The van der Waals surface area contributed by atoms with Crippen LogP contribution in [0.2, 0.25) is 0 Å². The van der Waals surface area contributed by atoms with Crippen molar-refractivity contribution in [2.24, 2.45) is 5.92 Å². The van der Waals surface area contributed by atoms with Gasteiger partial charge in [0.2, 0.25) is 0 Å². The molecule has 96 valence electrons. The average Bonchev–Trinajstić information content (AvgIpc) is 2.77. The van der Waals surface area contributed by atoms with Gasteiger partial charge in [-0.15, -0.1) is 11.3 Å². The van der Waals surface area contributed by atoms with Gasteiger partial charge >= 0.3 is 0 Å². The van der Waals surface area contributed by atoms with Crippen molar-refractivity contribution in [2.75, 3.05) is 13.1 Å². The summed E-state index contributed by atoms with van der Waals surface area (Å²) in [6, 6.07) is 1.69. The number of hydrogen-bond donors (Lipinski definition) is 1. The third-order valence-electron chi connectivity index (χ3n) is 3.65. The van der Waals surface area contributed by atoms with Crippen LogP contribution in [0.1, 0.15) is 25.5 Å². The van der Waals surface area contributed by atoms with Crippen molar-refractivity contribution in [1.82, 2.24) is 9.38 Å². The van der Waals surface area contributed by atoms with Gasteiger partial charge in [0, 0.05) is 23.6 Å². The minimum Gasteiger partial charge on any atom is -0.330 e. The first-order chi connectivity index (χ1) is 8.72. The molecule has 0 bridgehead atoms. The molecule has 0 aromatic carbocycles. The van der Waals surface area contributed by atoms with Crippen LogP contribution in [-0.4, -0.2) is 22.5 Å². The second kappa shape index (κ2) is 4.82. The number of quaternary nitrogens is 1. The van der Waals surface area contributed by atoms with E-state index in [-0.39, 0.29) is 5.56 Å². The molecule has 1 N–H and O–H groups in total. The van der Waals surface area contributed by atoms with Crippen LogP contribution in [0.15, 0.2) is 22.4 Å². The number of fused-ring (bicyclic) bond motifs is 1. The lowest BCUT2D eigenvalue weighted by molar-refractivity contribution is -0.922. The summed E-state index contributed by atoms with van der Waals surface area (Å²) in [5, 5.41) is 1.91. The molecule has 4 nitrogen and oxygen atoms in total. The third-order valence-corrected chi connectivity index (χ3v) is 4.41. The number of nitrogens with zero attached hydrogens (tertiary/aromatic N) is 2. The Hall–Kier alpha value is -1.20. The fourth-order valence-electron chi connectivity index (χ4n) is 2.79. The Bertz CT molecular complexity index is 604. The van der Waals surface area contributed by atoms with E-state index in [1.54, 1.807) is 21.6 Å². The molecule has 1 aliphatic heterocycles. The van der Waals surface area contributed by atoms with Gasteiger partial charge in [0.05, 0.1) is 13.1 Å². The first-order valence-corrected chi connectivity index (χ1v) is 7.39. The molecule has 0 radical (unpaired) electrons. The lowest BCUT2D eigenvalue weighted by Crippen LogP contribution is -3.12. The number of aromatic nitrogens is 2. The monoisotopic (exact) mass is 264 g/mol. The summed E-state index contributed by atoms with van der Waals surface area (Å²) in [6.45, 7) is 5.60. The number of nitrogens with one attached hydrogen (secondary N) is 1. The molecule has 18 heavy (non-hydrogen) atoms. The topological polar surface area (TPSA) is 38.8 Å². The quantitative estimate of drug-likeness (QED) is 0.861. The molecule has 1 saturated heterocycles. The first kappa shape index (κ1) is 11.9. The van der Waals surface area contributed by atoms with Crippen molar-refractivity contribution in [3.63, 3.8) is 0 Å². The summed E-state index contributed by atoms with van der Waals surface area (Å²) in [5.41, 5.74) is 0.979. The van der Waals surface area contributed by atoms with Crippen molar-refractivity contribution in [3.05, 3.63) is 33.7 Å². The number of likely N-dealkylation sites (tertiary alicyclic amines) is 1. The molecule has 5 heteroatoms. The highest BCUT2D eigenvalue weighted by atomic mass is 32.1. The highest BCUT2D eigenvalue weighted by Crippen LogP contribution is 2.07. The SMILES string of the molecule is C[C@@H]1CCC[NH+](Cc2cc(=O)n3ccsc3n2)C1. The predicted molar refractivity (Wildman–Crippen MR) is 72.1 cm³/mol. The Morgan fingerprint density at radius 2 is 2.50 bits per heavy atom. The summed E-state index contributed by atoms with van der Waals surface area (Å²) >= 11 is 1.52. The van der Waals surface area contributed by atoms with Crippen molar-refractivity contribution < 1.29 is 4.90 Å². The minimum atomic E-state index is 0.0423. The number of piperidine rings is 1. The summed E-state index contributed by atoms with van der Waals surface area (Å²) in [4.78, 5) is 18.8. The fraction of sp³-hybridized carbons (Fsp3) is 0.538. The normalized spacial score (nSPS) is 24.5. The van der Waals surface area contributed by atoms with Gasteiger partial charge in [-0.3, -0.25) is 9.20 Å². The number of rotatable bonds is 2. The smallest absolute Gasteiger partial charge is 0.258 e. The number of hydrogen-bond acceptors (Lipinski definition) is 3. The highest BCUT2D eigenvalue weighted by molar-refractivity contribution is 7.15. The third kappa shape index (κ3) is 2.33. The van der Waals surface area contributed by atoms with E-state index in [0.29, 0.717) is 0 Å². The van der Waals surface area contributed by atoms with Crippen LogP contribution >= 0.6 is 11.3 Å². The summed E-state index contributed by atoms with van der Waals surface area (Å²) < 4.78 is 1.61.